The van der Waals surface area contributed by atoms with Gasteiger partial charge in [-0.15, -0.1) is 0 Å². The molecule has 16 heavy (non-hydrogen) atoms. The molecule has 0 unspecified atom stereocenters. The van der Waals surface area contributed by atoms with E-state index in [1.54, 1.807) is 0 Å². The summed E-state index contributed by atoms with van der Waals surface area (Å²) >= 11 is 5.84. The lowest BCUT2D eigenvalue weighted by Crippen LogP contribution is -1.98. The van der Waals surface area contributed by atoms with Gasteiger partial charge in [-0.2, -0.15) is 0 Å². The molecule has 2 rings (SSSR count). The standard InChI is InChI=1S/C10H8ClF2N3/c11-10-9(15-8(4-14)16-10)6-2-1-5(12)3-7(6)13/h1-3H,4,14H2,(H,15,16). The summed E-state index contributed by atoms with van der Waals surface area (Å²) in [5.74, 6) is -0.910. The van der Waals surface area contributed by atoms with Crippen molar-refractivity contribution in [1.29, 1.82) is 0 Å². The van der Waals surface area contributed by atoms with Crippen molar-refractivity contribution in [3.05, 3.63) is 40.8 Å². The Morgan fingerprint density at radius 2 is 2.12 bits per heavy atom. The number of H-pyrrole nitrogens is 1. The molecule has 84 valence electrons. The molecule has 0 atom stereocenters. The molecule has 0 amide bonds. The van der Waals surface area contributed by atoms with Crippen molar-refractivity contribution < 1.29 is 8.78 Å². The highest BCUT2D eigenvalue weighted by molar-refractivity contribution is 6.31. The molecule has 0 bridgehead atoms. The van der Waals surface area contributed by atoms with E-state index in [4.69, 9.17) is 17.3 Å². The molecule has 0 aliphatic heterocycles. The summed E-state index contributed by atoms with van der Waals surface area (Å²) in [4.78, 5) is 6.72. The second kappa shape index (κ2) is 4.19. The number of nitrogens with two attached hydrogens (primary N) is 1. The fourth-order valence-corrected chi connectivity index (χ4v) is 1.61. The number of benzene rings is 1. The van der Waals surface area contributed by atoms with Gasteiger partial charge in [0.1, 0.15) is 28.3 Å². The maximum Gasteiger partial charge on any atom is 0.135 e. The first-order valence-electron chi connectivity index (χ1n) is 4.51. The van der Waals surface area contributed by atoms with Gasteiger partial charge in [0, 0.05) is 11.6 Å². The average Bonchev–Trinajstić information content (AvgIpc) is 2.60. The highest BCUT2D eigenvalue weighted by Crippen LogP contribution is 2.28. The van der Waals surface area contributed by atoms with Crippen LogP contribution in [0.4, 0.5) is 8.78 Å². The number of hydrogen-bond acceptors (Lipinski definition) is 2. The fraction of sp³-hybridized carbons (Fsp3) is 0.100. The van der Waals surface area contributed by atoms with Gasteiger partial charge in [0.15, 0.2) is 0 Å². The maximum atomic E-state index is 13.4. The van der Waals surface area contributed by atoms with Crippen LogP contribution in [0.15, 0.2) is 18.2 Å². The minimum atomic E-state index is -0.711. The van der Waals surface area contributed by atoms with E-state index in [1.165, 1.54) is 6.07 Å². The van der Waals surface area contributed by atoms with Gasteiger partial charge >= 0.3 is 0 Å². The first-order valence-corrected chi connectivity index (χ1v) is 4.89. The zero-order chi connectivity index (χ0) is 11.7. The van der Waals surface area contributed by atoms with Crippen LogP contribution in [0.5, 0.6) is 0 Å². The largest absolute Gasteiger partial charge is 0.331 e. The molecule has 3 nitrogen and oxygen atoms in total. The topological polar surface area (TPSA) is 54.7 Å². The Labute approximate surface area is 95.3 Å². The van der Waals surface area contributed by atoms with Crippen molar-refractivity contribution in [3.63, 3.8) is 0 Å². The molecule has 0 spiro atoms. The second-order valence-corrected chi connectivity index (χ2v) is 3.55. The van der Waals surface area contributed by atoms with E-state index in [0.29, 0.717) is 5.82 Å². The quantitative estimate of drug-likeness (QED) is 0.851. The van der Waals surface area contributed by atoms with Crippen molar-refractivity contribution in [2.75, 3.05) is 0 Å². The third-order valence-corrected chi connectivity index (χ3v) is 2.36. The molecule has 2 aromatic rings. The van der Waals surface area contributed by atoms with E-state index in [0.717, 1.165) is 12.1 Å². The Bertz CT molecular complexity index is 525. The molecule has 0 saturated carbocycles. The minimum absolute atomic E-state index is 0.141. The van der Waals surface area contributed by atoms with Gasteiger partial charge in [-0.1, -0.05) is 11.6 Å². The molecule has 6 heteroatoms. The van der Waals surface area contributed by atoms with Crippen LogP contribution in [0.2, 0.25) is 5.15 Å². The van der Waals surface area contributed by atoms with Crippen molar-refractivity contribution in [2.45, 2.75) is 6.54 Å². The number of halogens is 3. The molecule has 0 radical (unpaired) electrons. The Morgan fingerprint density at radius 1 is 1.38 bits per heavy atom. The fourth-order valence-electron chi connectivity index (χ4n) is 1.35. The number of nitrogens with one attached hydrogen (secondary N) is 1. The molecular weight excluding hydrogens is 236 g/mol. The number of imidazole rings is 1. The number of hydrogen-bond donors (Lipinski definition) is 2. The summed E-state index contributed by atoms with van der Waals surface area (Å²) in [6.07, 6.45) is 0. The first-order chi connectivity index (χ1) is 7.61. The highest BCUT2D eigenvalue weighted by atomic mass is 35.5. The average molecular weight is 244 g/mol. The minimum Gasteiger partial charge on any atom is -0.331 e. The van der Waals surface area contributed by atoms with Crippen molar-refractivity contribution in [1.82, 2.24) is 9.97 Å². The van der Waals surface area contributed by atoms with Gasteiger partial charge in [0.05, 0.1) is 6.54 Å². The van der Waals surface area contributed by atoms with Crippen LogP contribution >= 0.6 is 11.6 Å². The van der Waals surface area contributed by atoms with Crippen LogP contribution in [0.3, 0.4) is 0 Å². The van der Waals surface area contributed by atoms with Gasteiger partial charge in [0.2, 0.25) is 0 Å². The number of rotatable bonds is 2. The molecular formula is C10H8ClF2N3. The molecule has 1 heterocycles. The van der Waals surface area contributed by atoms with E-state index < -0.39 is 11.6 Å². The summed E-state index contributed by atoms with van der Waals surface area (Å²) in [6, 6.07) is 3.21. The summed E-state index contributed by atoms with van der Waals surface area (Å²) < 4.78 is 26.2. The van der Waals surface area contributed by atoms with E-state index in [1.807, 2.05) is 0 Å². The lowest BCUT2D eigenvalue weighted by atomic mass is 10.1. The summed E-state index contributed by atoms with van der Waals surface area (Å²) in [7, 11) is 0. The molecule has 0 aliphatic rings. The van der Waals surface area contributed by atoms with Crippen LogP contribution < -0.4 is 5.73 Å². The lowest BCUT2D eigenvalue weighted by molar-refractivity contribution is 0.585. The van der Waals surface area contributed by atoms with Crippen molar-refractivity contribution in [3.8, 4) is 11.3 Å². The maximum absolute atomic E-state index is 13.4. The molecule has 1 aromatic carbocycles. The number of nitrogens with zero attached hydrogens (tertiary/aromatic N) is 1. The third kappa shape index (κ3) is 1.91. The molecule has 0 aliphatic carbocycles. The van der Waals surface area contributed by atoms with E-state index in [-0.39, 0.29) is 23.0 Å². The number of aromatic amines is 1. The molecule has 3 N–H and O–H groups in total. The monoisotopic (exact) mass is 243 g/mol. The van der Waals surface area contributed by atoms with E-state index >= 15 is 0 Å². The highest BCUT2D eigenvalue weighted by Gasteiger charge is 2.14. The summed E-state index contributed by atoms with van der Waals surface area (Å²) in [6.45, 7) is 0.169. The van der Waals surface area contributed by atoms with Crippen molar-refractivity contribution in [2.24, 2.45) is 5.73 Å². The predicted molar refractivity (Wildman–Crippen MR) is 56.8 cm³/mol. The van der Waals surface area contributed by atoms with Gasteiger partial charge in [-0.05, 0) is 12.1 Å². The second-order valence-electron chi connectivity index (χ2n) is 3.17. The zero-order valence-corrected chi connectivity index (χ0v) is 8.85. The SMILES string of the molecule is NCc1nc(-c2ccc(F)cc2F)c(Cl)[nH]1. The number of aromatic nitrogens is 2. The Morgan fingerprint density at radius 3 is 2.69 bits per heavy atom. The van der Waals surface area contributed by atoms with Gasteiger partial charge in [-0.25, -0.2) is 13.8 Å². The van der Waals surface area contributed by atoms with Crippen LogP contribution in [0.25, 0.3) is 11.3 Å². The predicted octanol–water partition coefficient (Wildman–Crippen LogP) is 2.47. The van der Waals surface area contributed by atoms with Crippen molar-refractivity contribution >= 4 is 11.6 Å². The van der Waals surface area contributed by atoms with E-state index in [9.17, 15) is 8.78 Å². The molecule has 1 aromatic heterocycles. The van der Waals surface area contributed by atoms with Gasteiger partial charge < -0.3 is 10.7 Å². The Balaban J connectivity index is 2.53. The van der Waals surface area contributed by atoms with Crippen LogP contribution in [0, 0.1) is 11.6 Å². The Kier molecular flexibility index (Phi) is 2.89. The van der Waals surface area contributed by atoms with Crippen LogP contribution in [0.1, 0.15) is 5.82 Å². The Hall–Kier alpha value is -1.46. The lowest BCUT2D eigenvalue weighted by Gasteiger charge is -1.99. The zero-order valence-electron chi connectivity index (χ0n) is 8.10. The van der Waals surface area contributed by atoms with Gasteiger partial charge in [-0.3, -0.25) is 0 Å². The summed E-state index contributed by atoms with van der Waals surface area (Å²) in [5.41, 5.74) is 5.74. The summed E-state index contributed by atoms with van der Waals surface area (Å²) in [5, 5.41) is 0.186. The molecule has 0 saturated heterocycles. The first kappa shape index (κ1) is 11.0. The van der Waals surface area contributed by atoms with Crippen LogP contribution in [-0.4, -0.2) is 9.97 Å². The van der Waals surface area contributed by atoms with Crippen LogP contribution in [-0.2, 0) is 6.54 Å². The normalized spacial score (nSPS) is 10.8. The van der Waals surface area contributed by atoms with E-state index in [2.05, 4.69) is 9.97 Å². The smallest absolute Gasteiger partial charge is 0.135 e. The van der Waals surface area contributed by atoms with Gasteiger partial charge in [0.25, 0.3) is 0 Å². The third-order valence-electron chi connectivity index (χ3n) is 2.09. The molecule has 0 fully saturated rings.